The van der Waals surface area contributed by atoms with E-state index in [2.05, 4.69) is 27.4 Å². The highest BCUT2D eigenvalue weighted by molar-refractivity contribution is 5.58. The minimum atomic E-state index is 0.180. The standard InChI is InChI=1S/C15H17N3O/c1-2-4-12(5-3-1)14-6-7-17-15(18-14)10-13-11-16-8-9-19-13/h1-7,13,16H,8-11H2. The Morgan fingerprint density at radius 3 is 2.89 bits per heavy atom. The predicted octanol–water partition coefficient (Wildman–Crippen LogP) is 1.67. The van der Waals surface area contributed by atoms with Crippen LogP contribution in [0.5, 0.6) is 0 Å². The van der Waals surface area contributed by atoms with Crippen molar-refractivity contribution in [3.05, 3.63) is 48.4 Å². The topological polar surface area (TPSA) is 47.0 Å². The van der Waals surface area contributed by atoms with E-state index in [0.717, 1.165) is 43.2 Å². The molecule has 2 aromatic rings. The average molecular weight is 255 g/mol. The summed E-state index contributed by atoms with van der Waals surface area (Å²) in [4.78, 5) is 8.96. The van der Waals surface area contributed by atoms with E-state index >= 15 is 0 Å². The van der Waals surface area contributed by atoms with Gasteiger partial charge >= 0.3 is 0 Å². The van der Waals surface area contributed by atoms with E-state index in [4.69, 9.17) is 4.74 Å². The summed E-state index contributed by atoms with van der Waals surface area (Å²) < 4.78 is 5.68. The first kappa shape index (κ1) is 12.3. The minimum absolute atomic E-state index is 0.180. The molecule has 1 aromatic heterocycles. The Bertz CT molecular complexity index is 524. The van der Waals surface area contributed by atoms with Crippen molar-refractivity contribution in [2.24, 2.45) is 0 Å². The number of morpholine rings is 1. The van der Waals surface area contributed by atoms with Gasteiger partial charge in [-0.2, -0.15) is 0 Å². The van der Waals surface area contributed by atoms with E-state index in [0.29, 0.717) is 0 Å². The molecule has 4 nitrogen and oxygen atoms in total. The van der Waals surface area contributed by atoms with Crippen LogP contribution in [0, 0.1) is 0 Å². The van der Waals surface area contributed by atoms with Gasteiger partial charge in [-0.3, -0.25) is 0 Å². The molecule has 1 saturated heterocycles. The van der Waals surface area contributed by atoms with Gasteiger partial charge in [-0.25, -0.2) is 9.97 Å². The van der Waals surface area contributed by atoms with E-state index < -0.39 is 0 Å². The van der Waals surface area contributed by atoms with Crippen molar-refractivity contribution in [3.63, 3.8) is 0 Å². The smallest absolute Gasteiger partial charge is 0.131 e. The molecule has 1 aromatic carbocycles. The number of rotatable bonds is 3. The molecular weight excluding hydrogens is 238 g/mol. The van der Waals surface area contributed by atoms with Gasteiger partial charge in [0, 0.05) is 31.3 Å². The molecular formula is C15H17N3O. The molecule has 0 aliphatic carbocycles. The zero-order chi connectivity index (χ0) is 12.9. The van der Waals surface area contributed by atoms with Crippen LogP contribution in [-0.4, -0.2) is 35.8 Å². The quantitative estimate of drug-likeness (QED) is 0.906. The van der Waals surface area contributed by atoms with Crippen molar-refractivity contribution in [3.8, 4) is 11.3 Å². The molecule has 0 saturated carbocycles. The fourth-order valence-electron chi connectivity index (χ4n) is 2.22. The molecule has 1 unspecified atom stereocenters. The zero-order valence-electron chi connectivity index (χ0n) is 10.7. The monoisotopic (exact) mass is 255 g/mol. The highest BCUT2D eigenvalue weighted by atomic mass is 16.5. The summed E-state index contributed by atoms with van der Waals surface area (Å²) in [5.74, 6) is 0.843. The maximum atomic E-state index is 5.68. The summed E-state index contributed by atoms with van der Waals surface area (Å²) in [6, 6.07) is 12.1. The fourth-order valence-corrected chi connectivity index (χ4v) is 2.22. The summed E-state index contributed by atoms with van der Waals surface area (Å²) in [6.07, 6.45) is 2.76. The van der Waals surface area contributed by atoms with E-state index in [9.17, 15) is 0 Å². The van der Waals surface area contributed by atoms with Crippen molar-refractivity contribution in [2.45, 2.75) is 12.5 Å². The Kier molecular flexibility index (Phi) is 3.81. The first-order chi connectivity index (χ1) is 9.42. The SMILES string of the molecule is c1ccc(-c2ccnc(CC3CNCCO3)n2)cc1. The second-order valence-electron chi connectivity index (χ2n) is 4.63. The van der Waals surface area contributed by atoms with E-state index in [1.54, 1.807) is 0 Å². The number of benzene rings is 1. The van der Waals surface area contributed by atoms with E-state index in [1.807, 2.05) is 30.5 Å². The molecule has 0 spiro atoms. The van der Waals surface area contributed by atoms with Gasteiger partial charge in [-0.15, -0.1) is 0 Å². The molecule has 0 amide bonds. The first-order valence-corrected chi connectivity index (χ1v) is 6.61. The lowest BCUT2D eigenvalue weighted by Gasteiger charge is -2.22. The highest BCUT2D eigenvalue weighted by Gasteiger charge is 2.15. The molecule has 4 heteroatoms. The van der Waals surface area contributed by atoms with Gasteiger partial charge in [0.2, 0.25) is 0 Å². The normalized spacial score (nSPS) is 19.3. The van der Waals surface area contributed by atoms with Gasteiger partial charge in [-0.05, 0) is 6.07 Å². The van der Waals surface area contributed by atoms with Crippen molar-refractivity contribution in [1.29, 1.82) is 0 Å². The van der Waals surface area contributed by atoms with Crippen LogP contribution in [0.2, 0.25) is 0 Å². The summed E-state index contributed by atoms with van der Waals surface area (Å²) in [7, 11) is 0. The van der Waals surface area contributed by atoms with Crippen LogP contribution in [0.15, 0.2) is 42.6 Å². The number of nitrogens with zero attached hydrogens (tertiary/aromatic N) is 2. The fraction of sp³-hybridized carbons (Fsp3) is 0.333. The van der Waals surface area contributed by atoms with Crippen molar-refractivity contribution < 1.29 is 4.74 Å². The summed E-state index contributed by atoms with van der Waals surface area (Å²) in [6.45, 7) is 2.57. The van der Waals surface area contributed by atoms with Crippen LogP contribution in [0.25, 0.3) is 11.3 Å². The van der Waals surface area contributed by atoms with Gasteiger partial charge in [0.1, 0.15) is 5.82 Å². The molecule has 98 valence electrons. The van der Waals surface area contributed by atoms with Gasteiger partial charge in [0.25, 0.3) is 0 Å². The Hall–Kier alpha value is -1.78. The van der Waals surface area contributed by atoms with Gasteiger partial charge < -0.3 is 10.1 Å². The van der Waals surface area contributed by atoms with Crippen molar-refractivity contribution >= 4 is 0 Å². The molecule has 3 rings (SSSR count). The van der Waals surface area contributed by atoms with Crippen LogP contribution in [0.3, 0.4) is 0 Å². The molecule has 0 radical (unpaired) electrons. The van der Waals surface area contributed by atoms with Crippen molar-refractivity contribution in [2.75, 3.05) is 19.7 Å². The van der Waals surface area contributed by atoms with Gasteiger partial charge in [0.15, 0.2) is 0 Å². The molecule has 1 fully saturated rings. The average Bonchev–Trinajstić information content (AvgIpc) is 2.49. The maximum absolute atomic E-state index is 5.68. The van der Waals surface area contributed by atoms with Crippen LogP contribution in [0.4, 0.5) is 0 Å². The molecule has 1 aliphatic rings. The maximum Gasteiger partial charge on any atom is 0.131 e. The van der Waals surface area contributed by atoms with E-state index in [-0.39, 0.29) is 6.10 Å². The number of aromatic nitrogens is 2. The first-order valence-electron chi connectivity index (χ1n) is 6.61. The molecule has 1 aliphatic heterocycles. The largest absolute Gasteiger partial charge is 0.375 e. The van der Waals surface area contributed by atoms with Crippen LogP contribution < -0.4 is 5.32 Å². The number of nitrogens with one attached hydrogen (secondary N) is 1. The Morgan fingerprint density at radius 2 is 2.11 bits per heavy atom. The third-order valence-electron chi connectivity index (χ3n) is 3.19. The van der Waals surface area contributed by atoms with Gasteiger partial charge in [0.05, 0.1) is 18.4 Å². The molecule has 1 atom stereocenters. The predicted molar refractivity (Wildman–Crippen MR) is 73.8 cm³/mol. The third kappa shape index (κ3) is 3.16. The molecule has 19 heavy (non-hydrogen) atoms. The Labute approximate surface area is 112 Å². The zero-order valence-corrected chi connectivity index (χ0v) is 10.7. The second kappa shape index (κ2) is 5.91. The lowest BCUT2D eigenvalue weighted by molar-refractivity contribution is 0.0280. The molecule has 0 bridgehead atoms. The summed E-state index contributed by atoms with van der Waals surface area (Å²) in [5.41, 5.74) is 2.09. The van der Waals surface area contributed by atoms with Crippen molar-refractivity contribution in [1.82, 2.24) is 15.3 Å². The van der Waals surface area contributed by atoms with Gasteiger partial charge in [-0.1, -0.05) is 30.3 Å². The van der Waals surface area contributed by atoms with Crippen LogP contribution >= 0.6 is 0 Å². The minimum Gasteiger partial charge on any atom is -0.375 e. The lowest BCUT2D eigenvalue weighted by Crippen LogP contribution is -2.39. The number of ether oxygens (including phenoxy) is 1. The van der Waals surface area contributed by atoms with E-state index in [1.165, 1.54) is 0 Å². The second-order valence-corrected chi connectivity index (χ2v) is 4.63. The number of hydrogen-bond donors (Lipinski definition) is 1. The third-order valence-corrected chi connectivity index (χ3v) is 3.19. The number of hydrogen-bond acceptors (Lipinski definition) is 4. The van der Waals surface area contributed by atoms with Crippen LogP contribution in [0.1, 0.15) is 5.82 Å². The van der Waals surface area contributed by atoms with Crippen LogP contribution in [-0.2, 0) is 11.2 Å². The Balaban J connectivity index is 1.76. The molecule has 1 N–H and O–H groups in total. The lowest BCUT2D eigenvalue weighted by atomic mass is 10.1. The Morgan fingerprint density at radius 1 is 1.21 bits per heavy atom. The molecule has 2 heterocycles. The summed E-state index contributed by atoms with van der Waals surface area (Å²) in [5, 5.41) is 3.32. The summed E-state index contributed by atoms with van der Waals surface area (Å²) >= 11 is 0. The highest BCUT2D eigenvalue weighted by Crippen LogP contribution is 2.16.